The summed E-state index contributed by atoms with van der Waals surface area (Å²) in [5.41, 5.74) is 0.942. The van der Waals surface area contributed by atoms with Crippen LogP contribution in [0.1, 0.15) is 5.56 Å². The molecule has 2 aliphatic heterocycles. The van der Waals surface area contributed by atoms with Crippen LogP contribution in [-0.2, 0) is 20.9 Å². The van der Waals surface area contributed by atoms with E-state index in [2.05, 4.69) is 10.6 Å². The maximum absolute atomic E-state index is 12.4. The van der Waals surface area contributed by atoms with E-state index in [4.69, 9.17) is 9.57 Å². The Morgan fingerprint density at radius 3 is 2.68 bits per heavy atom. The lowest BCUT2D eigenvalue weighted by Gasteiger charge is -2.15. The fourth-order valence-corrected chi connectivity index (χ4v) is 2.94. The molecule has 0 aromatic heterocycles. The van der Waals surface area contributed by atoms with E-state index in [-0.39, 0.29) is 18.4 Å². The SMILES string of the molecule is O=C(N[C@@H]1CON(Cc2ccccc2)C1=O)OC1=CC=c2ccccc2=CN1. The summed E-state index contributed by atoms with van der Waals surface area (Å²) in [5.74, 6) is -0.0460. The normalized spacial score (nSPS) is 18.0. The number of nitrogens with zero attached hydrogens (tertiary/aromatic N) is 1. The van der Waals surface area contributed by atoms with Crippen molar-refractivity contribution in [1.82, 2.24) is 15.7 Å². The van der Waals surface area contributed by atoms with Gasteiger partial charge in [0, 0.05) is 6.20 Å². The molecule has 0 unspecified atom stereocenters. The van der Waals surface area contributed by atoms with E-state index in [0.29, 0.717) is 6.54 Å². The lowest BCUT2D eigenvalue weighted by Crippen LogP contribution is -2.43. The third-order valence-electron chi connectivity index (χ3n) is 4.38. The number of rotatable bonds is 4. The summed E-state index contributed by atoms with van der Waals surface area (Å²) >= 11 is 0. The van der Waals surface area contributed by atoms with E-state index in [0.717, 1.165) is 16.0 Å². The average molecular weight is 377 g/mol. The van der Waals surface area contributed by atoms with Crippen LogP contribution in [0.3, 0.4) is 0 Å². The average Bonchev–Trinajstić information content (AvgIpc) is 2.92. The molecule has 7 heteroatoms. The summed E-state index contributed by atoms with van der Waals surface area (Å²) in [5, 5.41) is 8.73. The second-order valence-electron chi connectivity index (χ2n) is 6.36. The van der Waals surface area contributed by atoms with Gasteiger partial charge in [-0.05, 0) is 28.2 Å². The minimum absolute atomic E-state index is 0.0664. The van der Waals surface area contributed by atoms with Gasteiger partial charge in [-0.15, -0.1) is 0 Å². The molecule has 1 atom stereocenters. The summed E-state index contributed by atoms with van der Waals surface area (Å²) in [6.07, 6.45) is 4.54. The molecule has 1 fully saturated rings. The fraction of sp³-hybridized carbons (Fsp3) is 0.143. The van der Waals surface area contributed by atoms with Crippen molar-refractivity contribution in [2.24, 2.45) is 0 Å². The van der Waals surface area contributed by atoms with Gasteiger partial charge < -0.3 is 15.4 Å². The second kappa shape index (κ2) is 7.98. The minimum atomic E-state index is -0.784. The van der Waals surface area contributed by atoms with Gasteiger partial charge >= 0.3 is 6.09 Å². The maximum Gasteiger partial charge on any atom is 0.414 e. The Labute approximate surface area is 161 Å². The molecule has 28 heavy (non-hydrogen) atoms. The number of ether oxygens (including phenoxy) is 1. The van der Waals surface area contributed by atoms with Gasteiger partial charge in [0.1, 0.15) is 12.6 Å². The standard InChI is InChI=1S/C21H19N3O4/c25-20-18(14-27-24(20)13-15-6-2-1-3-7-15)23-21(26)28-19-11-10-16-8-4-5-9-17(16)12-22-19/h1-12,18,22H,13-14H2,(H,23,26)/t18-/m1/s1. The zero-order valence-electron chi connectivity index (χ0n) is 15.0. The van der Waals surface area contributed by atoms with Gasteiger partial charge in [0.2, 0.25) is 5.88 Å². The topological polar surface area (TPSA) is 79.9 Å². The molecule has 0 spiro atoms. The molecule has 0 aliphatic carbocycles. The number of hydrogen-bond acceptors (Lipinski definition) is 5. The van der Waals surface area contributed by atoms with Crippen molar-refractivity contribution >= 4 is 24.3 Å². The number of amides is 2. The Kier molecular flexibility index (Phi) is 5.07. The Balaban J connectivity index is 1.34. The van der Waals surface area contributed by atoms with Crippen molar-refractivity contribution in [3.8, 4) is 0 Å². The molecule has 2 amide bonds. The van der Waals surface area contributed by atoms with Crippen molar-refractivity contribution < 1.29 is 19.2 Å². The van der Waals surface area contributed by atoms with E-state index < -0.39 is 12.1 Å². The zero-order valence-corrected chi connectivity index (χ0v) is 15.0. The first-order valence-electron chi connectivity index (χ1n) is 8.89. The summed E-state index contributed by atoms with van der Waals surface area (Å²) < 4.78 is 5.28. The van der Waals surface area contributed by atoms with Gasteiger partial charge in [-0.2, -0.15) is 0 Å². The van der Waals surface area contributed by atoms with Gasteiger partial charge in [-0.1, -0.05) is 54.6 Å². The van der Waals surface area contributed by atoms with E-state index in [1.807, 2.05) is 60.7 Å². The first kappa shape index (κ1) is 17.8. The van der Waals surface area contributed by atoms with Crippen molar-refractivity contribution in [2.45, 2.75) is 12.6 Å². The molecule has 7 nitrogen and oxygen atoms in total. The molecule has 0 radical (unpaired) electrons. The van der Waals surface area contributed by atoms with Crippen LogP contribution in [0.25, 0.3) is 12.3 Å². The largest absolute Gasteiger partial charge is 0.414 e. The molecule has 2 aromatic carbocycles. The molecular formula is C21H19N3O4. The van der Waals surface area contributed by atoms with E-state index in [1.165, 1.54) is 5.06 Å². The van der Waals surface area contributed by atoms with Crippen LogP contribution < -0.4 is 21.1 Å². The fourth-order valence-electron chi connectivity index (χ4n) is 2.94. The molecule has 4 rings (SSSR count). The monoisotopic (exact) mass is 377 g/mol. The predicted octanol–water partition coefficient (Wildman–Crippen LogP) is 0.718. The second-order valence-corrected chi connectivity index (χ2v) is 6.36. The van der Waals surface area contributed by atoms with Gasteiger partial charge in [0.15, 0.2) is 0 Å². The zero-order chi connectivity index (χ0) is 19.3. The number of hydroxylamine groups is 2. The number of fused-ring (bicyclic) bond motifs is 1. The Morgan fingerprint density at radius 1 is 1.11 bits per heavy atom. The van der Waals surface area contributed by atoms with Crippen LogP contribution in [0.2, 0.25) is 0 Å². The van der Waals surface area contributed by atoms with E-state index in [1.54, 1.807) is 12.3 Å². The van der Waals surface area contributed by atoms with Crippen LogP contribution in [0.4, 0.5) is 4.79 Å². The van der Waals surface area contributed by atoms with E-state index in [9.17, 15) is 9.59 Å². The molecule has 1 saturated heterocycles. The van der Waals surface area contributed by atoms with Crippen LogP contribution in [-0.4, -0.2) is 29.7 Å². The first-order chi connectivity index (χ1) is 13.7. The van der Waals surface area contributed by atoms with Crippen molar-refractivity contribution in [3.05, 3.63) is 82.6 Å². The maximum atomic E-state index is 12.4. The number of carbonyl (C=O) groups is 2. The van der Waals surface area contributed by atoms with Gasteiger partial charge in [-0.25, -0.2) is 9.86 Å². The molecule has 142 valence electrons. The lowest BCUT2D eigenvalue weighted by molar-refractivity contribution is -0.164. The highest BCUT2D eigenvalue weighted by Crippen LogP contribution is 2.13. The Hall–Kier alpha value is -3.58. The molecular weight excluding hydrogens is 358 g/mol. The highest BCUT2D eigenvalue weighted by molar-refractivity contribution is 5.86. The van der Waals surface area contributed by atoms with Gasteiger partial charge in [0.05, 0.1) is 6.54 Å². The lowest BCUT2D eigenvalue weighted by atomic mass is 10.2. The molecule has 2 N–H and O–H groups in total. The minimum Gasteiger partial charge on any atom is -0.393 e. The van der Waals surface area contributed by atoms with Crippen molar-refractivity contribution in [2.75, 3.05) is 6.61 Å². The quantitative estimate of drug-likeness (QED) is 0.821. The van der Waals surface area contributed by atoms with Crippen molar-refractivity contribution in [3.63, 3.8) is 0 Å². The smallest absolute Gasteiger partial charge is 0.393 e. The van der Waals surface area contributed by atoms with Crippen molar-refractivity contribution in [1.29, 1.82) is 0 Å². The summed E-state index contributed by atoms with van der Waals surface area (Å²) in [7, 11) is 0. The third kappa shape index (κ3) is 4.05. The number of benzene rings is 2. The van der Waals surface area contributed by atoms with Crippen LogP contribution in [0.5, 0.6) is 0 Å². The van der Waals surface area contributed by atoms with Gasteiger partial charge in [0.25, 0.3) is 5.91 Å². The summed E-state index contributed by atoms with van der Waals surface area (Å²) in [4.78, 5) is 30.0. The number of alkyl carbamates (subject to hydrolysis) is 1. The number of nitrogens with one attached hydrogen (secondary N) is 2. The summed E-state index contributed by atoms with van der Waals surface area (Å²) in [6, 6.07) is 16.5. The van der Waals surface area contributed by atoms with Crippen LogP contribution >= 0.6 is 0 Å². The highest BCUT2D eigenvalue weighted by atomic mass is 16.7. The third-order valence-corrected chi connectivity index (χ3v) is 4.38. The van der Waals surface area contributed by atoms with Crippen LogP contribution in [0, 0.1) is 0 Å². The first-order valence-corrected chi connectivity index (χ1v) is 8.89. The Morgan fingerprint density at radius 2 is 1.86 bits per heavy atom. The number of hydrogen-bond donors (Lipinski definition) is 2. The van der Waals surface area contributed by atoms with Gasteiger partial charge in [-0.3, -0.25) is 9.63 Å². The number of allylic oxidation sites excluding steroid dienone is 1. The van der Waals surface area contributed by atoms with Crippen LogP contribution in [0.15, 0.2) is 66.6 Å². The Bertz CT molecular complexity index is 1030. The highest BCUT2D eigenvalue weighted by Gasteiger charge is 2.34. The molecule has 2 aromatic rings. The molecule has 0 bridgehead atoms. The summed E-state index contributed by atoms with van der Waals surface area (Å²) in [6.45, 7) is 0.388. The van der Waals surface area contributed by atoms with E-state index >= 15 is 0 Å². The molecule has 2 heterocycles. The number of carbonyl (C=O) groups excluding carboxylic acids is 2. The molecule has 2 aliphatic rings. The molecule has 0 saturated carbocycles. The predicted molar refractivity (Wildman–Crippen MR) is 102 cm³/mol.